The molecule has 0 saturated carbocycles. The second-order valence-corrected chi connectivity index (χ2v) is 3.41. The molecule has 0 bridgehead atoms. The van der Waals surface area contributed by atoms with Crippen molar-refractivity contribution in [1.29, 1.82) is 0 Å². The van der Waals surface area contributed by atoms with Crippen molar-refractivity contribution < 1.29 is 20.1 Å². The van der Waals surface area contributed by atoms with Crippen LogP contribution < -0.4 is 11.1 Å². The van der Waals surface area contributed by atoms with Crippen LogP contribution in [0.4, 0.5) is 0 Å². The fourth-order valence-corrected chi connectivity index (χ4v) is 1.39. The van der Waals surface area contributed by atoms with Crippen molar-refractivity contribution >= 4 is 0 Å². The second kappa shape index (κ2) is 5.59. The molecule has 1 heterocycles. The van der Waals surface area contributed by atoms with Gasteiger partial charge < -0.3 is 31.1 Å². The fraction of sp³-hybridized carbons (Fsp3) is 1.00. The van der Waals surface area contributed by atoms with Gasteiger partial charge in [0.1, 0.15) is 18.3 Å². The SMILES string of the molecule is NCCNC[C@H]1OC[C@H](O)[C@@H](O)[C@@H]1O. The lowest BCUT2D eigenvalue weighted by Gasteiger charge is -2.35. The molecule has 0 radical (unpaired) electrons. The highest BCUT2D eigenvalue weighted by Gasteiger charge is 2.36. The number of rotatable bonds is 4. The lowest BCUT2D eigenvalue weighted by atomic mass is 10.0. The van der Waals surface area contributed by atoms with Crippen molar-refractivity contribution in [2.75, 3.05) is 26.2 Å². The van der Waals surface area contributed by atoms with Crippen LogP contribution >= 0.6 is 0 Å². The van der Waals surface area contributed by atoms with Gasteiger partial charge >= 0.3 is 0 Å². The molecular weight excluding hydrogens is 188 g/mol. The first-order valence-corrected chi connectivity index (χ1v) is 4.73. The first-order valence-electron chi connectivity index (χ1n) is 4.73. The van der Waals surface area contributed by atoms with Crippen LogP contribution in [-0.4, -0.2) is 66.0 Å². The van der Waals surface area contributed by atoms with Gasteiger partial charge in [-0.1, -0.05) is 0 Å². The van der Waals surface area contributed by atoms with Crippen LogP contribution in [0, 0.1) is 0 Å². The maximum Gasteiger partial charge on any atom is 0.111 e. The summed E-state index contributed by atoms with van der Waals surface area (Å²) in [4.78, 5) is 0. The van der Waals surface area contributed by atoms with E-state index in [1.54, 1.807) is 0 Å². The van der Waals surface area contributed by atoms with Crippen LogP contribution in [-0.2, 0) is 4.74 Å². The van der Waals surface area contributed by atoms with Crippen molar-refractivity contribution in [3.8, 4) is 0 Å². The highest BCUT2D eigenvalue weighted by atomic mass is 16.5. The first-order chi connectivity index (χ1) is 6.66. The minimum Gasteiger partial charge on any atom is -0.388 e. The lowest BCUT2D eigenvalue weighted by Crippen LogP contribution is -2.55. The summed E-state index contributed by atoms with van der Waals surface area (Å²) >= 11 is 0. The number of nitrogens with one attached hydrogen (secondary N) is 1. The Hall–Kier alpha value is -0.240. The first kappa shape index (κ1) is 11.8. The van der Waals surface area contributed by atoms with E-state index in [0.717, 1.165) is 0 Å². The van der Waals surface area contributed by atoms with Gasteiger partial charge in [-0.05, 0) is 0 Å². The molecular formula is C8H18N2O4. The molecule has 1 fully saturated rings. The molecule has 1 aliphatic heterocycles. The quantitative estimate of drug-likeness (QED) is 0.314. The monoisotopic (exact) mass is 206 g/mol. The molecule has 6 nitrogen and oxygen atoms in total. The predicted molar refractivity (Wildman–Crippen MR) is 49.7 cm³/mol. The molecule has 0 amide bonds. The molecule has 0 spiro atoms. The van der Waals surface area contributed by atoms with Crippen LogP contribution in [0.3, 0.4) is 0 Å². The van der Waals surface area contributed by atoms with Gasteiger partial charge in [0.25, 0.3) is 0 Å². The van der Waals surface area contributed by atoms with E-state index in [-0.39, 0.29) is 6.61 Å². The summed E-state index contributed by atoms with van der Waals surface area (Å²) in [5.41, 5.74) is 5.27. The summed E-state index contributed by atoms with van der Waals surface area (Å²) in [5.74, 6) is 0. The number of ether oxygens (including phenoxy) is 1. The van der Waals surface area contributed by atoms with Crippen LogP contribution in [0.25, 0.3) is 0 Å². The van der Waals surface area contributed by atoms with E-state index in [1.807, 2.05) is 0 Å². The van der Waals surface area contributed by atoms with E-state index in [0.29, 0.717) is 19.6 Å². The summed E-state index contributed by atoms with van der Waals surface area (Å²) in [6.45, 7) is 1.61. The van der Waals surface area contributed by atoms with Gasteiger partial charge in [-0.2, -0.15) is 0 Å². The highest BCUT2D eigenvalue weighted by Crippen LogP contribution is 2.14. The van der Waals surface area contributed by atoms with Crippen LogP contribution in [0.15, 0.2) is 0 Å². The van der Waals surface area contributed by atoms with E-state index < -0.39 is 24.4 Å². The standard InChI is InChI=1S/C8H18N2O4/c9-1-2-10-3-6-8(13)7(12)5(11)4-14-6/h5-8,10-13H,1-4,9H2/t5-,6+,7+,8+/m0/s1. The number of aliphatic hydroxyl groups excluding tert-OH is 3. The Morgan fingerprint density at radius 1 is 1.29 bits per heavy atom. The molecule has 0 aliphatic carbocycles. The Kier molecular flexibility index (Phi) is 4.73. The zero-order valence-electron chi connectivity index (χ0n) is 7.97. The predicted octanol–water partition coefficient (Wildman–Crippen LogP) is -2.98. The van der Waals surface area contributed by atoms with Crippen molar-refractivity contribution in [2.24, 2.45) is 5.73 Å². The molecule has 0 aromatic rings. The van der Waals surface area contributed by atoms with E-state index in [9.17, 15) is 10.2 Å². The number of aliphatic hydroxyl groups is 3. The molecule has 14 heavy (non-hydrogen) atoms. The van der Waals surface area contributed by atoms with Gasteiger partial charge in [0.2, 0.25) is 0 Å². The molecule has 1 saturated heterocycles. The second-order valence-electron chi connectivity index (χ2n) is 3.41. The maximum absolute atomic E-state index is 9.50. The summed E-state index contributed by atoms with van der Waals surface area (Å²) in [7, 11) is 0. The smallest absolute Gasteiger partial charge is 0.111 e. The Bertz CT molecular complexity index is 169. The van der Waals surface area contributed by atoms with E-state index in [1.165, 1.54) is 0 Å². The molecule has 0 aromatic carbocycles. The zero-order chi connectivity index (χ0) is 10.6. The molecule has 0 aromatic heterocycles. The van der Waals surface area contributed by atoms with Crippen molar-refractivity contribution in [1.82, 2.24) is 5.32 Å². The van der Waals surface area contributed by atoms with E-state index >= 15 is 0 Å². The van der Waals surface area contributed by atoms with E-state index in [2.05, 4.69) is 5.32 Å². The molecule has 1 aliphatic rings. The third-order valence-corrected chi connectivity index (χ3v) is 2.27. The largest absolute Gasteiger partial charge is 0.388 e. The molecule has 1 rings (SSSR count). The number of hydrogen-bond donors (Lipinski definition) is 5. The highest BCUT2D eigenvalue weighted by molar-refractivity contribution is 4.87. The summed E-state index contributed by atoms with van der Waals surface area (Å²) < 4.78 is 5.16. The fourth-order valence-electron chi connectivity index (χ4n) is 1.39. The lowest BCUT2D eigenvalue weighted by molar-refractivity contribution is -0.185. The van der Waals surface area contributed by atoms with Crippen LogP contribution in [0.5, 0.6) is 0 Å². The maximum atomic E-state index is 9.50. The normalized spacial score (nSPS) is 38.6. The summed E-state index contributed by atoms with van der Waals surface area (Å²) in [6, 6.07) is 0. The minimum absolute atomic E-state index is 0.0488. The Morgan fingerprint density at radius 2 is 2.00 bits per heavy atom. The van der Waals surface area contributed by atoms with Crippen molar-refractivity contribution in [3.63, 3.8) is 0 Å². The Morgan fingerprint density at radius 3 is 2.64 bits per heavy atom. The average Bonchev–Trinajstić information content (AvgIpc) is 2.18. The summed E-state index contributed by atoms with van der Waals surface area (Å²) in [6.07, 6.45) is -3.67. The Balaban J connectivity index is 2.31. The van der Waals surface area contributed by atoms with Gasteiger partial charge in [0.15, 0.2) is 0 Å². The van der Waals surface area contributed by atoms with Gasteiger partial charge in [0, 0.05) is 19.6 Å². The Labute approximate surface area is 82.7 Å². The van der Waals surface area contributed by atoms with Crippen LogP contribution in [0.2, 0.25) is 0 Å². The molecule has 6 heteroatoms. The van der Waals surface area contributed by atoms with Crippen molar-refractivity contribution in [3.05, 3.63) is 0 Å². The summed E-state index contributed by atoms with van der Waals surface area (Å²) in [5, 5.41) is 31.0. The average molecular weight is 206 g/mol. The molecule has 84 valence electrons. The molecule has 6 N–H and O–H groups in total. The van der Waals surface area contributed by atoms with Gasteiger partial charge in [-0.25, -0.2) is 0 Å². The van der Waals surface area contributed by atoms with Gasteiger partial charge in [-0.15, -0.1) is 0 Å². The minimum atomic E-state index is -1.13. The van der Waals surface area contributed by atoms with E-state index in [4.69, 9.17) is 15.6 Å². The molecule has 0 unspecified atom stereocenters. The van der Waals surface area contributed by atoms with Gasteiger partial charge in [-0.3, -0.25) is 0 Å². The topological polar surface area (TPSA) is 108 Å². The molecule has 4 atom stereocenters. The number of hydrogen-bond acceptors (Lipinski definition) is 6. The zero-order valence-corrected chi connectivity index (χ0v) is 7.97. The third-order valence-electron chi connectivity index (χ3n) is 2.27. The number of nitrogens with two attached hydrogens (primary N) is 1. The van der Waals surface area contributed by atoms with Crippen LogP contribution in [0.1, 0.15) is 0 Å². The third kappa shape index (κ3) is 2.88. The van der Waals surface area contributed by atoms with Gasteiger partial charge in [0.05, 0.1) is 12.7 Å². The van der Waals surface area contributed by atoms with Crippen molar-refractivity contribution in [2.45, 2.75) is 24.4 Å².